The third-order valence-electron chi connectivity index (χ3n) is 7.68. The Morgan fingerprint density at radius 2 is 1.86 bits per heavy atom. The number of halogens is 2. The van der Waals surface area contributed by atoms with E-state index in [9.17, 15) is 14.7 Å². The Kier molecular flexibility index (Phi) is 7.02. The lowest BCUT2D eigenvalue weighted by Crippen LogP contribution is -2.55. The first-order valence-electron chi connectivity index (χ1n) is 12.7. The SMILES string of the molecule is CC(C)(Oc1ccc(Cl)cc1Cl)C(=O)NC1CC2CCC(C1)N2c1ccc(C(=O)NC2(CO)CC2)cn1. The number of aliphatic hydroxyl groups excluding tert-OH is 1. The Labute approximate surface area is 226 Å². The molecule has 2 aliphatic heterocycles. The lowest BCUT2D eigenvalue weighted by atomic mass is 9.96. The van der Waals surface area contributed by atoms with Crippen LogP contribution in [-0.4, -0.2) is 57.8 Å². The van der Waals surface area contributed by atoms with Gasteiger partial charge in [0.25, 0.3) is 11.8 Å². The van der Waals surface area contributed by atoms with E-state index in [0.29, 0.717) is 21.4 Å². The van der Waals surface area contributed by atoms with Gasteiger partial charge in [0, 0.05) is 29.3 Å². The standard InChI is InChI=1S/C27H32Cl2N4O4/c1-26(2,37-22-7-4-17(28)11-21(22)29)25(36)31-18-12-19-5-6-20(13-18)33(19)23-8-3-16(14-30-23)24(35)32-27(15-34)9-10-27/h3-4,7-8,11,14,18-20,34H,5-6,9-10,12-13,15H2,1-2H3,(H,31,36)(H,32,35). The van der Waals surface area contributed by atoms with Crippen molar-refractivity contribution in [3.05, 3.63) is 52.1 Å². The van der Waals surface area contributed by atoms with Crippen molar-refractivity contribution in [2.24, 2.45) is 0 Å². The van der Waals surface area contributed by atoms with Crippen molar-refractivity contribution < 1.29 is 19.4 Å². The summed E-state index contributed by atoms with van der Waals surface area (Å²) in [6.07, 6.45) is 6.88. The van der Waals surface area contributed by atoms with Crippen molar-refractivity contribution in [2.75, 3.05) is 11.5 Å². The molecule has 3 heterocycles. The normalized spacial score (nSPS) is 23.9. The number of piperidine rings is 1. The fourth-order valence-electron chi connectivity index (χ4n) is 5.37. The van der Waals surface area contributed by atoms with Crippen LogP contribution in [0, 0.1) is 0 Å². The molecule has 10 heteroatoms. The highest BCUT2D eigenvalue weighted by molar-refractivity contribution is 6.35. The number of hydrogen-bond donors (Lipinski definition) is 3. The number of aliphatic hydroxyl groups is 1. The number of nitrogens with zero attached hydrogens (tertiary/aromatic N) is 2. The predicted octanol–water partition coefficient (Wildman–Crippen LogP) is 4.12. The van der Waals surface area contributed by atoms with E-state index in [4.69, 9.17) is 27.9 Å². The summed E-state index contributed by atoms with van der Waals surface area (Å²) in [4.78, 5) is 32.6. The molecule has 1 saturated carbocycles. The topological polar surface area (TPSA) is 104 Å². The van der Waals surface area contributed by atoms with Crippen LogP contribution < -0.4 is 20.3 Å². The van der Waals surface area contributed by atoms with Crippen LogP contribution in [0.4, 0.5) is 5.82 Å². The van der Waals surface area contributed by atoms with Crippen molar-refractivity contribution in [3.8, 4) is 5.75 Å². The van der Waals surface area contributed by atoms with Crippen molar-refractivity contribution >= 4 is 40.8 Å². The maximum Gasteiger partial charge on any atom is 0.263 e. The lowest BCUT2D eigenvalue weighted by Gasteiger charge is -2.40. The van der Waals surface area contributed by atoms with Crippen LogP contribution in [0.3, 0.4) is 0 Å². The van der Waals surface area contributed by atoms with Gasteiger partial charge in [-0.3, -0.25) is 9.59 Å². The molecule has 5 rings (SSSR count). The summed E-state index contributed by atoms with van der Waals surface area (Å²) < 4.78 is 5.95. The third kappa shape index (κ3) is 5.52. The number of fused-ring (bicyclic) bond motifs is 2. The molecule has 3 N–H and O–H groups in total. The van der Waals surface area contributed by atoms with Crippen molar-refractivity contribution in [2.45, 2.75) is 81.6 Å². The summed E-state index contributed by atoms with van der Waals surface area (Å²) in [5.74, 6) is 0.854. The largest absolute Gasteiger partial charge is 0.476 e. The van der Waals surface area contributed by atoms with Crippen LogP contribution in [0.2, 0.25) is 10.0 Å². The van der Waals surface area contributed by atoms with Crippen LogP contribution in [0.15, 0.2) is 36.5 Å². The first-order valence-corrected chi connectivity index (χ1v) is 13.5. The maximum atomic E-state index is 13.1. The molecular formula is C27H32Cl2N4O4. The molecule has 0 spiro atoms. The molecule has 0 radical (unpaired) electrons. The van der Waals surface area contributed by atoms with Gasteiger partial charge < -0.3 is 25.4 Å². The second-order valence-corrected chi connectivity index (χ2v) is 11.8. The second-order valence-electron chi connectivity index (χ2n) is 10.9. The highest BCUT2D eigenvalue weighted by Crippen LogP contribution is 2.39. The molecular weight excluding hydrogens is 515 g/mol. The summed E-state index contributed by atoms with van der Waals surface area (Å²) in [5, 5.41) is 16.4. The molecule has 2 aromatic rings. The van der Waals surface area contributed by atoms with Crippen molar-refractivity contribution in [1.82, 2.24) is 15.6 Å². The van der Waals surface area contributed by atoms with Gasteiger partial charge in [0.2, 0.25) is 0 Å². The van der Waals surface area contributed by atoms with E-state index in [1.165, 1.54) is 0 Å². The van der Waals surface area contributed by atoms with Crippen LogP contribution >= 0.6 is 23.2 Å². The predicted molar refractivity (Wildman–Crippen MR) is 142 cm³/mol. The molecule has 1 aromatic carbocycles. The van der Waals surface area contributed by atoms with E-state index < -0.39 is 11.1 Å². The molecule has 198 valence electrons. The van der Waals surface area contributed by atoms with E-state index in [1.54, 1.807) is 44.3 Å². The lowest BCUT2D eigenvalue weighted by molar-refractivity contribution is -0.135. The third-order valence-corrected chi connectivity index (χ3v) is 8.21. The quantitative estimate of drug-likeness (QED) is 0.460. The molecule has 3 aliphatic rings. The molecule has 8 nitrogen and oxygen atoms in total. The van der Waals surface area contributed by atoms with E-state index in [1.807, 2.05) is 6.07 Å². The summed E-state index contributed by atoms with van der Waals surface area (Å²) in [6, 6.07) is 9.16. The molecule has 1 aliphatic carbocycles. The number of benzene rings is 1. The first kappa shape index (κ1) is 26.1. The average molecular weight is 547 g/mol. The smallest absolute Gasteiger partial charge is 0.263 e. The number of carbonyl (C=O) groups excluding carboxylic acids is 2. The number of rotatable bonds is 8. The molecule has 2 amide bonds. The van der Waals surface area contributed by atoms with Gasteiger partial charge in [0.15, 0.2) is 5.60 Å². The summed E-state index contributed by atoms with van der Waals surface area (Å²) >= 11 is 12.2. The maximum absolute atomic E-state index is 13.1. The molecule has 2 saturated heterocycles. The summed E-state index contributed by atoms with van der Waals surface area (Å²) in [7, 11) is 0. The van der Waals surface area contributed by atoms with E-state index in [0.717, 1.165) is 44.3 Å². The minimum atomic E-state index is -1.11. The Balaban J connectivity index is 1.19. The molecule has 1 aromatic heterocycles. The Hall–Kier alpha value is -2.55. The monoisotopic (exact) mass is 546 g/mol. The van der Waals surface area contributed by atoms with Crippen LogP contribution in [0.5, 0.6) is 5.75 Å². The fourth-order valence-corrected chi connectivity index (χ4v) is 5.81. The highest BCUT2D eigenvalue weighted by atomic mass is 35.5. The fraction of sp³-hybridized carbons (Fsp3) is 0.519. The zero-order valence-electron chi connectivity index (χ0n) is 21.0. The molecule has 2 bridgehead atoms. The minimum Gasteiger partial charge on any atom is -0.476 e. The number of nitrogens with one attached hydrogen (secondary N) is 2. The first-order chi connectivity index (χ1) is 17.6. The van der Waals surface area contributed by atoms with Gasteiger partial charge in [-0.25, -0.2) is 4.98 Å². The summed E-state index contributed by atoms with van der Waals surface area (Å²) in [5.41, 5.74) is -1.08. The van der Waals surface area contributed by atoms with E-state index in [2.05, 4.69) is 20.5 Å². The number of aromatic nitrogens is 1. The van der Waals surface area contributed by atoms with Gasteiger partial charge in [-0.05, 0) is 82.7 Å². The van der Waals surface area contributed by atoms with Gasteiger partial charge in [-0.15, -0.1) is 0 Å². The van der Waals surface area contributed by atoms with Gasteiger partial charge in [0.1, 0.15) is 11.6 Å². The number of amides is 2. The minimum absolute atomic E-state index is 0.0306. The van der Waals surface area contributed by atoms with Crippen LogP contribution in [-0.2, 0) is 4.79 Å². The molecule has 3 fully saturated rings. The zero-order chi connectivity index (χ0) is 26.4. The van der Waals surface area contributed by atoms with E-state index >= 15 is 0 Å². The molecule has 37 heavy (non-hydrogen) atoms. The highest BCUT2D eigenvalue weighted by Gasteiger charge is 2.44. The van der Waals surface area contributed by atoms with Crippen LogP contribution in [0.25, 0.3) is 0 Å². The van der Waals surface area contributed by atoms with E-state index in [-0.39, 0.29) is 36.5 Å². The van der Waals surface area contributed by atoms with Gasteiger partial charge in [-0.2, -0.15) is 0 Å². The van der Waals surface area contributed by atoms with Gasteiger partial charge >= 0.3 is 0 Å². The zero-order valence-corrected chi connectivity index (χ0v) is 22.5. The van der Waals surface area contributed by atoms with Gasteiger partial charge in [-0.1, -0.05) is 23.2 Å². The average Bonchev–Trinajstić information content (AvgIpc) is 3.58. The van der Waals surface area contributed by atoms with Crippen LogP contribution in [0.1, 0.15) is 62.7 Å². The Bertz CT molecular complexity index is 1170. The van der Waals surface area contributed by atoms with Crippen molar-refractivity contribution in [3.63, 3.8) is 0 Å². The number of anilines is 1. The Morgan fingerprint density at radius 1 is 1.16 bits per heavy atom. The number of pyridine rings is 1. The van der Waals surface area contributed by atoms with Crippen molar-refractivity contribution in [1.29, 1.82) is 0 Å². The summed E-state index contributed by atoms with van der Waals surface area (Å²) in [6.45, 7) is 3.41. The Morgan fingerprint density at radius 3 is 2.43 bits per heavy atom. The number of hydrogen-bond acceptors (Lipinski definition) is 6. The molecule has 2 unspecified atom stereocenters. The second kappa shape index (κ2) is 9.97. The number of carbonyl (C=O) groups is 2. The number of ether oxygens (including phenoxy) is 1. The van der Waals surface area contributed by atoms with Gasteiger partial charge in [0.05, 0.1) is 22.7 Å². The molecule has 2 atom stereocenters.